The summed E-state index contributed by atoms with van der Waals surface area (Å²) in [5, 5.41) is 7.88. The van der Waals surface area contributed by atoms with Crippen molar-refractivity contribution in [1.29, 1.82) is 0 Å². The SMILES string of the molecule is O=C(NCc1nc(C(F)(F)F)no1)N[C@H]1Cc2cncn2C1. The molecule has 8 nitrogen and oxygen atoms in total. The molecule has 1 aliphatic rings. The predicted molar refractivity (Wildman–Crippen MR) is 64.4 cm³/mol. The Hall–Kier alpha value is -2.59. The third-order valence-electron chi connectivity index (χ3n) is 3.13. The lowest BCUT2D eigenvalue weighted by Crippen LogP contribution is -2.42. The van der Waals surface area contributed by atoms with Crippen LogP contribution in [0.25, 0.3) is 0 Å². The van der Waals surface area contributed by atoms with E-state index in [9.17, 15) is 18.0 Å². The minimum atomic E-state index is -4.67. The monoisotopic (exact) mass is 316 g/mol. The number of carbonyl (C=O) groups is 1. The van der Waals surface area contributed by atoms with Crippen molar-refractivity contribution in [1.82, 2.24) is 30.3 Å². The molecule has 2 N–H and O–H groups in total. The zero-order valence-corrected chi connectivity index (χ0v) is 11.1. The third kappa shape index (κ3) is 3.02. The van der Waals surface area contributed by atoms with Crippen LogP contribution in [0.1, 0.15) is 17.4 Å². The summed E-state index contributed by atoms with van der Waals surface area (Å²) in [5.41, 5.74) is 1.01. The highest BCUT2D eigenvalue weighted by Crippen LogP contribution is 2.26. The molecule has 0 bridgehead atoms. The van der Waals surface area contributed by atoms with Crippen molar-refractivity contribution in [2.75, 3.05) is 0 Å². The average molecular weight is 316 g/mol. The van der Waals surface area contributed by atoms with Gasteiger partial charge in [-0.1, -0.05) is 5.16 Å². The first kappa shape index (κ1) is 14.4. The second kappa shape index (κ2) is 5.31. The van der Waals surface area contributed by atoms with Crippen molar-refractivity contribution < 1.29 is 22.5 Å². The molecule has 3 rings (SSSR count). The van der Waals surface area contributed by atoms with E-state index in [1.807, 2.05) is 4.57 Å². The van der Waals surface area contributed by atoms with E-state index in [1.54, 1.807) is 12.5 Å². The fraction of sp³-hybridized carbons (Fsp3) is 0.455. The molecule has 3 heterocycles. The zero-order valence-electron chi connectivity index (χ0n) is 11.1. The fourth-order valence-electron chi connectivity index (χ4n) is 2.17. The van der Waals surface area contributed by atoms with E-state index in [1.165, 1.54) is 0 Å². The quantitative estimate of drug-likeness (QED) is 0.869. The number of rotatable bonds is 3. The number of urea groups is 1. The summed E-state index contributed by atoms with van der Waals surface area (Å²) in [5.74, 6) is -1.68. The van der Waals surface area contributed by atoms with Gasteiger partial charge in [0.2, 0.25) is 5.89 Å². The van der Waals surface area contributed by atoms with Crippen LogP contribution in [0.4, 0.5) is 18.0 Å². The van der Waals surface area contributed by atoms with E-state index < -0.39 is 18.0 Å². The molecule has 1 aliphatic heterocycles. The van der Waals surface area contributed by atoms with Gasteiger partial charge >= 0.3 is 12.2 Å². The number of aromatic nitrogens is 4. The molecule has 2 aromatic rings. The summed E-state index contributed by atoms with van der Waals surface area (Å²) in [6, 6.07) is -0.609. The second-order valence-corrected chi connectivity index (χ2v) is 4.77. The highest BCUT2D eigenvalue weighted by Gasteiger charge is 2.37. The van der Waals surface area contributed by atoms with E-state index in [0.717, 1.165) is 5.69 Å². The van der Waals surface area contributed by atoms with Crippen molar-refractivity contribution in [3.63, 3.8) is 0 Å². The Labute approximate surface area is 121 Å². The van der Waals surface area contributed by atoms with E-state index >= 15 is 0 Å². The van der Waals surface area contributed by atoms with Crippen LogP contribution in [-0.2, 0) is 25.7 Å². The van der Waals surface area contributed by atoms with Crippen LogP contribution < -0.4 is 10.6 Å². The first-order valence-electron chi connectivity index (χ1n) is 6.35. The standard InChI is InChI=1S/C11H11F3N6O2/c12-11(13,14)9-18-8(22-19-9)3-16-10(21)17-6-1-7-2-15-5-20(7)4-6/h2,5-6H,1,3-4H2,(H2,16,17,21)/t6-/m0/s1. The summed E-state index contributed by atoms with van der Waals surface area (Å²) in [4.78, 5) is 18.8. The van der Waals surface area contributed by atoms with Gasteiger partial charge in [0.1, 0.15) is 0 Å². The molecule has 22 heavy (non-hydrogen) atoms. The molecule has 0 aliphatic carbocycles. The van der Waals surface area contributed by atoms with Crippen LogP contribution in [0.2, 0.25) is 0 Å². The molecule has 1 atom stereocenters. The number of amides is 2. The van der Waals surface area contributed by atoms with Gasteiger partial charge in [-0.25, -0.2) is 9.78 Å². The summed E-state index contributed by atoms with van der Waals surface area (Å²) < 4.78 is 43.2. The van der Waals surface area contributed by atoms with E-state index in [2.05, 4.69) is 30.3 Å². The minimum Gasteiger partial charge on any atom is -0.337 e. The third-order valence-corrected chi connectivity index (χ3v) is 3.13. The molecule has 0 radical (unpaired) electrons. The summed E-state index contributed by atoms with van der Waals surface area (Å²) in [6.07, 6.45) is -0.635. The number of carbonyl (C=O) groups excluding carboxylic acids is 1. The highest BCUT2D eigenvalue weighted by atomic mass is 19.4. The first-order chi connectivity index (χ1) is 10.4. The lowest BCUT2D eigenvalue weighted by molar-refractivity contribution is -0.146. The largest absolute Gasteiger partial charge is 0.455 e. The molecule has 0 aromatic carbocycles. The molecule has 0 fully saturated rings. The number of hydrogen-bond donors (Lipinski definition) is 2. The van der Waals surface area contributed by atoms with Gasteiger partial charge in [-0.3, -0.25) is 0 Å². The Morgan fingerprint density at radius 3 is 3.00 bits per heavy atom. The Balaban J connectivity index is 1.47. The Kier molecular flexibility index (Phi) is 3.47. The first-order valence-corrected chi connectivity index (χ1v) is 6.35. The van der Waals surface area contributed by atoms with Gasteiger partial charge in [0.25, 0.3) is 5.82 Å². The summed E-state index contributed by atoms with van der Waals surface area (Å²) in [7, 11) is 0. The van der Waals surface area contributed by atoms with E-state index in [0.29, 0.717) is 13.0 Å². The number of nitrogens with one attached hydrogen (secondary N) is 2. The number of hydrogen-bond acceptors (Lipinski definition) is 5. The molecule has 118 valence electrons. The molecule has 0 saturated carbocycles. The van der Waals surface area contributed by atoms with Crippen molar-refractivity contribution >= 4 is 6.03 Å². The average Bonchev–Trinajstić information content (AvgIpc) is 3.09. The zero-order chi connectivity index (χ0) is 15.7. The van der Waals surface area contributed by atoms with E-state index in [-0.39, 0.29) is 18.5 Å². The number of alkyl halides is 3. The predicted octanol–water partition coefficient (Wildman–Crippen LogP) is 0.709. The lowest BCUT2D eigenvalue weighted by Gasteiger charge is -2.11. The smallest absolute Gasteiger partial charge is 0.337 e. The van der Waals surface area contributed by atoms with Gasteiger partial charge in [0.15, 0.2) is 0 Å². The van der Waals surface area contributed by atoms with Gasteiger partial charge in [-0.2, -0.15) is 18.2 Å². The highest BCUT2D eigenvalue weighted by molar-refractivity contribution is 5.74. The Morgan fingerprint density at radius 1 is 1.50 bits per heavy atom. The lowest BCUT2D eigenvalue weighted by atomic mass is 10.2. The van der Waals surface area contributed by atoms with Crippen LogP contribution in [0, 0.1) is 0 Å². The van der Waals surface area contributed by atoms with Gasteiger partial charge in [-0.15, -0.1) is 0 Å². The Bertz CT molecular complexity index is 659. The number of nitrogens with zero attached hydrogens (tertiary/aromatic N) is 4. The fourth-order valence-corrected chi connectivity index (χ4v) is 2.17. The summed E-state index contributed by atoms with van der Waals surface area (Å²) in [6.45, 7) is 0.317. The van der Waals surface area contributed by atoms with Crippen LogP contribution in [0.3, 0.4) is 0 Å². The molecule has 0 spiro atoms. The molecule has 0 unspecified atom stereocenters. The molecule has 0 saturated heterocycles. The van der Waals surface area contributed by atoms with Crippen molar-refractivity contribution in [3.8, 4) is 0 Å². The summed E-state index contributed by atoms with van der Waals surface area (Å²) >= 11 is 0. The topological polar surface area (TPSA) is 97.9 Å². The normalized spacial score (nSPS) is 17.3. The minimum absolute atomic E-state index is 0.0913. The van der Waals surface area contributed by atoms with Crippen LogP contribution >= 0.6 is 0 Å². The van der Waals surface area contributed by atoms with Crippen LogP contribution in [0.15, 0.2) is 17.0 Å². The van der Waals surface area contributed by atoms with Gasteiger partial charge in [-0.05, 0) is 0 Å². The van der Waals surface area contributed by atoms with Gasteiger partial charge < -0.3 is 19.7 Å². The number of imidazole rings is 1. The maximum absolute atomic E-state index is 12.3. The number of halogens is 3. The molecule has 2 amide bonds. The van der Waals surface area contributed by atoms with Crippen molar-refractivity contribution in [3.05, 3.63) is 29.9 Å². The second-order valence-electron chi connectivity index (χ2n) is 4.77. The van der Waals surface area contributed by atoms with Crippen molar-refractivity contribution in [2.24, 2.45) is 0 Å². The maximum atomic E-state index is 12.3. The number of fused-ring (bicyclic) bond motifs is 1. The van der Waals surface area contributed by atoms with Crippen LogP contribution in [-0.4, -0.2) is 31.8 Å². The van der Waals surface area contributed by atoms with E-state index in [4.69, 9.17) is 0 Å². The molecular weight excluding hydrogens is 305 g/mol. The van der Waals surface area contributed by atoms with Crippen LogP contribution in [0.5, 0.6) is 0 Å². The van der Waals surface area contributed by atoms with Crippen molar-refractivity contribution in [2.45, 2.75) is 31.7 Å². The maximum Gasteiger partial charge on any atom is 0.455 e. The molecule has 2 aromatic heterocycles. The Morgan fingerprint density at radius 2 is 2.32 bits per heavy atom. The van der Waals surface area contributed by atoms with Gasteiger partial charge in [0.05, 0.1) is 18.9 Å². The molecule has 11 heteroatoms. The van der Waals surface area contributed by atoms with Gasteiger partial charge in [0, 0.05) is 24.9 Å². The molecular formula is C11H11F3N6O2.